The largest absolute Gasteiger partial charge is 0.493 e. The van der Waals surface area contributed by atoms with Gasteiger partial charge < -0.3 is 19.2 Å². The van der Waals surface area contributed by atoms with E-state index in [0.717, 1.165) is 29.2 Å². The van der Waals surface area contributed by atoms with Gasteiger partial charge in [0.1, 0.15) is 5.76 Å². The zero-order chi connectivity index (χ0) is 14.5. The minimum atomic E-state index is 0.213. The number of aryl methyl sites for hydroxylation is 1. The van der Waals surface area contributed by atoms with Crippen molar-refractivity contribution < 1.29 is 13.9 Å². The first-order chi connectivity index (χ1) is 9.67. The van der Waals surface area contributed by atoms with Crippen molar-refractivity contribution in [2.75, 3.05) is 21.3 Å². The lowest BCUT2D eigenvalue weighted by atomic mass is 10.0. The number of rotatable bonds is 6. The molecule has 4 heteroatoms. The fourth-order valence-corrected chi connectivity index (χ4v) is 2.28. The Hall–Kier alpha value is -1.94. The Balaban J connectivity index is 2.19. The second-order valence-electron chi connectivity index (χ2n) is 4.73. The third-order valence-electron chi connectivity index (χ3n) is 3.39. The number of nitrogens with one attached hydrogen (secondary N) is 1. The van der Waals surface area contributed by atoms with Gasteiger partial charge >= 0.3 is 0 Å². The Kier molecular flexibility index (Phi) is 4.69. The van der Waals surface area contributed by atoms with Gasteiger partial charge in [0, 0.05) is 11.6 Å². The number of likely N-dealkylation sites (N-methyl/N-ethyl adjacent to an activating group) is 1. The molecule has 20 heavy (non-hydrogen) atoms. The lowest BCUT2D eigenvalue weighted by Gasteiger charge is -2.16. The second-order valence-corrected chi connectivity index (χ2v) is 4.73. The van der Waals surface area contributed by atoms with Crippen LogP contribution in [-0.2, 0) is 6.42 Å². The van der Waals surface area contributed by atoms with Crippen LogP contribution in [0.1, 0.15) is 22.9 Å². The molecule has 0 amide bonds. The topological polar surface area (TPSA) is 43.6 Å². The maximum absolute atomic E-state index is 5.38. The first kappa shape index (κ1) is 14.5. The molecule has 1 unspecified atom stereocenters. The van der Waals surface area contributed by atoms with E-state index in [1.807, 2.05) is 26.1 Å². The molecule has 0 aliphatic heterocycles. The second kappa shape index (κ2) is 6.48. The van der Waals surface area contributed by atoms with Crippen LogP contribution in [0.3, 0.4) is 0 Å². The molecular weight excluding hydrogens is 254 g/mol. The Morgan fingerprint density at radius 1 is 1.15 bits per heavy atom. The van der Waals surface area contributed by atoms with E-state index < -0.39 is 0 Å². The number of methoxy groups -OCH3 is 2. The third kappa shape index (κ3) is 3.14. The average molecular weight is 275 g/mol. The van der Waals surface area contributed by atoms with Crippen molar-refractivity contribution in [2.24, 2.45) is 0 Å². The van der Waals surface area contributed by atoms with E-state index in [2.05, 4.69) is 17.4 Å². The summed E-state index contributed by atoms with van der Waals surface area (Å²) in [7, 11) is 5.24. The van der Waals surface area contributed by atoms with Crippen molar-refractivity contribution in [1.82, 2.24) is 5.32 Å². The van der Waals surface area contributed by atoms with Crippen LogP contribution in [-0.4, -0.2) is 21.3 Å². The molecule has 0 saturated heterocycles. The first-order valence-corrected chi connectivity index (χ1v) is 6.61. The SMILES string of the molecule is CNC(Cc1ccc(OC)c(OC)c1)c1coc(C)c1. The zero-order valence-corrected chi connectivity index (χ0v) is 12.4. The van der Waals surface area contributed by atoms with Crippen molar-refractivity contribution in [3.8, 4) is 11.5 Å². The maximum atomic E-state index is 5.38. The Bertz CT molecular complexity index is 563. The minimum absolute atomic E-state index is 0.213. The van der Waals surface area contributed by atoms with E-state index in [4.69, 9.17) is 13.9 Å². The maximum Gasteiger partial charge on any atom is 0.160 e. The van der Waals surface area contributed by atoms with E-state index in [0.29, 0.717) is 0 Å². The lowest BCUT2D eigenvalue weighted by Crippen LogP contribution is -2.18. The quantitative estimate of drug-likeness (QED) is 0.879. The van der Waals surface area contributed by atoms with Crippen LogP contribution in [0.25, 0.3) is 0 Å². The summed E-state index contributed by atoms with van der Waals surface area (Å²) in [4.78, 5) is 0. The predicted molar refractivity (Wildman–Crippen MR) is 78.5 cm³/mol. The van der Waals surface area contributed by atoms with Gasteiger partial charge in [-0.1, -0.05) is 6.07 Å². The summed E-state index contributed by atoms with van der Waals surface area (Å²) < 4.78 is 16.0. The fraction of sp³-hybridized carbons (Fsp3) is 0.375. The molecule has 0 radical (unpaired) electrons. The predicted octanol–water partition coefficient (Wildman–Crippen LogP) is 3.11. The summed E-state index contributed by atoms with van der Waals surface area (Å²) in [6.45, 7) is 1.95. The molecule has 1 heterocycles. The van der Waals surface area contributed by atoms with Crippen LogP contribution >= 0.6 is 0 Å². The highest BCUT2D eigenvalue weighted by Gasteiger charge is 2.14. The van der Waals surface area contributed by atoms with Crippen molar-refractivity contribution in [3.05, 3.63) is 47.4 Å². The highest BCUT2D eigenvalue weighted by molar-refractivity contribution is 5.43. The number of hydrogen-bond acceptors (Lipinski definition) is 4. The van der Waals surface area contributed by atoms with Gasteiger partial charge in [-0.15, -0.1) is 0 Å². The van der Waals surface area contributed by atoms with Crippen LogP contribution in [0.2, 0.25) is 0 Å². The Morgan fingerprint density at radius 3 is 2.45 bits per heavy atom. The fourth-order valence-electron chi connectivity index (χ4n) is 2.28. The van der Waals surface area contributed by atoms with Crippen molar-refractivity contribution in [3.63, 3.8) is 0 Å². The summed E-state index contributed by atoms with van der Waals surface area (Å²) in [6, 6.07) is 8.27. The Labute approximate surface area is 119 Å². The highest BCUT2D eigenvalue weighted by Crippen LogP contribution is 2.29. The van der Waals surface area contributed by atoms with E-state index in [1.165, 1.54) is 5.56 Å². The van der Waals surface area contributed by atoms with Crippen molar-refractivity contribution in [2.45, 2.75) is 19.4 Å². The molecule has 2 rings (SSSR count). The van der Waals surface area contributed by atoms with Gasteiger partial charge in [0.25, 0.3) is 0 Å². The molecule has 0 bridgehead atoms. The standard InChI is InChI=1S/C16H21NO3/c1-11-7-13(10-20-11)14(17-2)8-12-5-6-15(18-3)16(9-12)19-4/h5-7,9-10,14,17H,8H2,1-4H3. The summed E-state index contributed by atoms with van der Waals surface area (Å²) in [5.74, 6) is 2.42. The number of benzene rings is 1. The van der Waals surface area contributed by atoms with Gasteiger partial charge in [-0.05, 0) is 44.2 Å². The zero-order valence-electron chi connectivity index (χ0n) is 12.4. The van der Waals surface area contributed by atoms with E-state index >= 15 is 0 Å². The van der Waals surface area contributed by atoms with E-state index in [-0.39, 0.29) is 6.04 Å². The molecule has 108 valence electrons. The van der Waals surface area contributed by atoms with E-state index in [9.17, 15) is 0 Å². The normalized spacial score (nSPS) is 12.2. The summed E-state index contributed by atoms with van der Waals surface area (Å²) in [5, 5.41) is 3.31. The van der Waals surface area contributed by atoms with E-state index in [1.54, 1.807) is 20.5 Å². The summed E-state index contributed by atoms with van der Waals surface area (Å²) in [6.07, 6.45) is 2.66. The van der Waals surface area contributed by atoms with Gasteiger partial charge in [-0.3, -0.25) is 0 Å². The van der Waals surface area contributed by atoms with Crippen LogP contribution in [0.4, 0.5) is 0 Å². The molecular formula is C16H21NO3. The number of hydrogen-bond donors (Lipinski definition) is 1. The molecule has 0 fully saturated rings. The highest BCUT2D eigenvalue weighted by atomic mass is 16.5. The molecule has 4 nitrogen and oxygen atoms in total. The molecule has 1 aromatic heterocycles. The van der Waals surface area contributed by atoms with Crippen LogP contribution in [0, 0.1) is 6.92 Å². The average Bonchev–Trinajstić information content (AvgIpc) is 2.90. The van der Waals surface area contributed by atoms with Crippen LogP contribution in [0.5, 0.6) is 11.5 Å². The molecule has 0 saturated carbocycles. The van der Waals surface area contributed by atoms with Gasteiger partial charge in [0.15, 0.2) is 11.5 Å². The smallest absolute Gasteiger partial charge is 0.160 e. The van der Waals surface area contributed by atoms with Gasteiger partial charge in [0.2, 0.25) is 0 Å². The molecule has 0 aliphatic rings. The van der Waals surface area contributed by atoms with Gasteiger partial charge in [-0.25, -0.2) is 0 Å². The molecule has 1 N–H and O–H groups in total. The molecule has 2 aromatic rings. The lowest BCUT2D eigenvalue weighted by molar-refractivity contribution is 0.354. The molecule has 1 aromatic carbocycles. The molecule has 1 atom stereocenters. The number of ether oxygens (including phenoxy) is 2. The Morgan fingerprint density at radius 2 is 1.90 bits per heavy atom. The van der Waals surface area contributed by atoms with Crippen LogP contribution in [0.15, 0.2) is 34.9 Å². The van der Waals surface area contributed by atoms with Gasteiger partial charge in [-0.2, -0.15) is 0 Å². The molecule has 0 spiro atoms. The summed E-state index contributed by atoms with van der Waals surface area (Å²) >= 11 is 0. The molecule has 0 aliphatic carbocycles. The van der Waals surface area contributed by atoms with Crippen LogP contribution < -0.4 is 14.8 Å². The van der Waals surface area contributed by atoms with Crippen molar-refractivity contribution in [1.29, 1.82) is 0 Å². The third-order valence-corrected chi connectivity index (χ3v) is 3.39. The van der Waals surface area contributed by atoms with Crippen molar-refractivity contribution >= 4 is 0 Å². The van der Waals surface area contributed by atoms with Gasteiger partial charge in [0.05, 0.1) is 20.5 Å². The number of furan rings is 1. The monoisotopic (exact) mass is 275 g/mol. The summed E-state index contributed by atoms with van der Waals surface area (Å²) in [5.41, 5.74) is 2.33. The first-order valence-electron chi connectivity index (χ1n) is 6.61. The minimum Gasteiger partial charge on any atom is -0.493 e.